The van der Waals surface area contributed by atoms with Gasteiger partial charge >= 0.3 is 6.03 Å². The number of guanidine groups is 1. The summed E-state index contributed by atoms with van der Waals surface area (Å²) in [6.45, 7) is -0.0137. The summed E-state index contributed by atoms with van der Waals surface area (Å²) in [5.41, 5.74) is 15.7. The van der Waals surface area contributed by atoms with E-state index < -0.39 is 29.9 Å². The number of hydrogen-bond donors (Lipinski definition) is 5. The monoisotopic (exact) mass is 399 g/mol. The number of nitrogens with zero attached hydrogens (tertiary/aromatic N) is 2. The molecule has 0 aromatic rings. The molecular weight excluding hydrogens is 377 g/mol. The van der Waals surface area contributed by atoms with Crippen molar-refractivity contribution in [1.29, 1.82) is 0 Å². The van der Waals surface area contributed by atoms with E-state index in [1.165, 1.54) is 11.9 Å². The van der Waals surface area contributed by atoms with E-state index in [-0.39, 0.29) is 62.5 Å². The second kappa shape index (κ2) is 11.4. The summed E-state index contributed by atoms with van der Waals surface area (Å²) in [5.74, 6) is -1.40. The van der Waals surface area contributed by atoms with Crippen molar-refractivity contribution in [3.05, 3.63) is 0 Å². The molecule has 5 amide bonds. The molecule has 8 N–H and O–H groups in total. The summed E-state index contributed by atoms with van der Waals surface area (Å²) >= 11 is 0. The van der Waals surface area contributed by atoms with Crippen LogP contribution in [-0.2, 0) is 14.4 Å². The van der Waals surface area contributed by atoms with Gasteiger partial charge in [-0.15, -0.1) is 24.8 Å². The molecule has 0 spiro atoms. The van der Waals surface area contributed by atoms with Crippen molar-refractivity contribution in [3.8, 4) is 0 Å². The lowest BCUT2D eigenvalue weighted by Crippen LogP contribution is -2.58. The predicted octanol–water partition coefficient (Wildman–Crippen LogP) is -2.21. The van der Waals surface area contributed by atoms with Crippen molar-refractivity contribution in [2.75, 3.05) is 13.6 Å². The Morgan fingerprint density at radius 3 is 2.44 bits per heavy atom. The standard InChI is InChI=1S/C12H21N7O4.2ClH/c1-19(9(21)4-6(13)2-3-8(14)20)7-5-16-12(17-10(7)22)18-11(15)23;;/h6-7H,2-5,13H2,1H3,(H2,14,20)(H4,15,16,17,18,22,23);2*1H/t6-,7?;;/m1../s1. The average Bonchev–Trinajstić information content (AvgIpc) is 2.43. The smallest absolute Gasteiger partial charge is 0.318 e. The van der Waals surface area contributed by atoms with Crippen LogP contribution >= 0.6 is 24.8 Å². The molecule has 2 atom stereocenters. The van der Waals surface area contributed by atoms with Crippen molar-refractivity contribution in [1.82, 2.24) is 15.5 Å². The van der Waals surface area contributed by atoms with Crippen LogP contribution in [0.2, 0.25) is 0 Å². The molecule has 1 aliphatic heterocycles. The van der Waals surface area contributed by atoms with Crippen molar-refractivity contribution in [2.24, 2.45) is 22.2 Å². The number of hydrogen-bond acceptors (Lipinski definition) is 6. The van der Waals surface area contributed by atoms with Crippen molar-refractivity contribution in [2.45, 2.75) is 31.3 Å². The molecule has 0 aromatic heterocycles. The van der Waals surface area contributed by atoms with Gasteiger partial charge in [0, 0.05) is 25.9 Å². The Morgan fingerprint density at radius 2 is 1.96 bits per heavy atom. The summed E-state index contributed by atoms with van der Waals surface area (Å²) in [7, 11) is 1.45. The van der Waals surface area contributed by atoms with Crippen molar-refractivity contribution < 1.29 is 19.2 Å². The minimum atomic E-state index is -0.854. The highest BCUT2D eigenvalue weighted by Crippen LogP contribution is 2.07. The molecule has 0 aromatic carbocycles. The largest absolute Gasteiger partial charge is 0.370 e. The number of carbonyl (C=O) groups excluding carboxylic acids is 4. The molecule has 144 valence electrons. The third kappa shape index (κ3) is 8.52. The first kappa shape index (κ1) is 25.1. The average molecular weight is 400 g/mol. The van der Waals surface area contributed by atoms with Crippen LogP contribution < -0.4 is 27.8 Å². The Balaban J connectivity index is 0. The van der Waals surface area contributed by atoms with Gasteiger partial charge in [-0.1, -0.05) is 0 Å². The molecule has 13 heteroatoms. The Labute approximate surface area is 156 Å². The van der Waals surface area contributed by atoms with Crippen molar-refractivity contribution >= 4 is 54.5 Å². The number of aliphatic imine (C=N–C) groups is 1. The van der Waals surface area contributed by atoms with Crippen LogP contribution in [0.4, 0.5) is 4.79 Å². The van der Waals surface area contributed by atoms with Crippen LogP contribution in [-0.4, -0.2) is 60.3 Å². The topological polar surface area (TPSA) is 186 Å². The Bertz CT molecular complexity index is 544. The van der Waals surface area contributed by atoms with E-state index in [1.807, 2.05) is 0 Å². The highest BCUT2D eigenvalue weighted by Gasteiger charge is 2.31. The summed E-state index contributed by atoms with van der Waals surface area (Å²) in [5, 5.41) is 4.49. The number of rotatable bonds is 6. The number of urea groups is 1. The lowest BCUT2D eigenvalue weighted by atomic mass is 10.1. The maximum absolute atomic E-state index is 12.1. The predicted molar refractivity (Wildman–Crippen MR) is 95.2 cm³/mol. The Morgan fingerprint density at radius 1 is 1.36 bits per heavy atom. The fourth-order valence-corrected chi connectivity index (χ4v) is 1.96. The highest BCUT2D eigenvalue weighted by atomic mass is 35.5. The molecular formula is C12H23Cl2N7O4. The van der Waals surface area contributed by atoms with E-state index >= 15 is 0 Å². The second-order valence-electron chi connectivity index (χ2n) is 5.16. The maximum Gasteiger partial charge on any atom is 0.318 e. The van der Waals surface area contributed by atoms with Crippen LogP contribution in [0.3, 0.4) is 0 Å². The molecule has 1 aliphatic rings. The number of nitrogens with two attached hydrogens (primary N) is 3. The molecule has 1 unspecified atom stereocenters. The van der Waals surface area contributed by atoms with Crippen molar-refractivity contribution in [3.63, 3.8) is 0 Å². The normalized spacial score (nSPS) is 17.0. The lowest BCUT2D eigenvalue weighted by Gasteiger charge is -2.30. The molecule has 0 bridgehead atoms. The van der Waals surface area contributed by atoms with Crippen LogP contribution in [0.25, 0.3) is 0 Å². The third-order valence-electron chi connectivity index (χ3n) is 3.27. The second-order valence-corrected chi connectivity index (χ2v) is 5.16. The molecule has 1 heterocycles. The van der Waals surface area contributed by atoms with E-state index in [0.29, 0.717) is 0 Å². The quantitative estimate of drug-likeness (QED) is 0.338. The van der Waals surface area contributed by atoms with Gasteiger partial charge in [0.2, 0.25) is 17.8 Å². The summed E-state index contributed by atoms with van der Waals surface area (Å²) in [4.78, 5) is 50.6. The number of carbonyl (C=O) groups is 4. The first-order chi connectivity index (χ1) is 10.7. The van der Waals surface area contributed by atoms with Gasteiger partial charge in [-0.25, -0.2) is 9.79 Å². The van der Waals surface area contributed by atoms with E-state index in [0.717, 1.165) is 0 Å². The van der Waals surface area contributed by atoms with Crippen LogP contribution in [0.5, 0.6) is 0 Å². The summed E-state index contributed by atoms with van der Waals surface area (Å²) < 4.78 is 0. The Hall–Kier alpha value is -2.11. The van der Waals surface area contributed by atoms with Gasteiger partial charge in [0.15, 0.2) is 0 Å². The van der Waals surface area contributed by atoms with E-state index in [2.05, 4.69) is 15.6 Å². The number of nitrogens with one attached hydrogen (secondary N) is 2. The number of amides is 5. The number of primary amides is 2. The van der Waals surface area contributed by atoms with Gasteiger partial charge in [-0.3, -0.25) is 25.0 Å². The summed E-state index contributed by atoms with van der Waals surface area (Å²) in [6.07, 6.45) is 0.356. The van der Waals surface area contributed by atoms with E-state index in [1.54, 1.807) is 0 Å². The fraction of sp³-hybridized carbons (Fsp3) is 0.583. The molecule has 1 rings (SSSR count). The zero-order valence-corrected chi connectivity index (χ0v) is 15.2. The SMILES string of the molecule is CN(C(=O)C[C@H](N)CCC(N)=O)C1CN=C(NC(N)=O)NC1=O.Cl.Cl. The van der Waals surface area contributed by atoms with Gasteiger partial charge in [-0.05, 0) is 6.42 Å². The number of likely N-dealkylation sites (N-methyl/N-ethyl adjacent to an activating group) is 1. The fourth-order valence-electron chi connectivity index (χ4n) is 1.96. The first-order valence-corrected chi connectivity index (χ1v) is 6.92. The minimum Gasteiger partial charge on any atom is -0.370 e. The highest BCUT2D eigenvalue weighted by molar-refractivity contribution is 6.07. The molecule has 0 fully saturated rings. The van der Waals surface area contributed by atoms with Crippen LogP contribution in [0.15, 0.2) is 4.99 Å². The molecule has 0 radical (unpaired) electrons. The first-order valence-electron chi connectivity index (χ1n) is 6.92. The lowest BCUT2D eigenvalue weighted by molar-refractivity contribution is -0.138. The van der Waals surface area contributed by atoms with Gasteiger partial charge in [0.1, 0.15) is 6.04 Å². The zero-order valence-electron chi connectivity index (χ0n) is 13.6. The van der Waals surface area contributed by atoms with Crippen LogP contribution in [0.1, 0.15) is 19.3 Å². The van der Waals surface area contributed by atoms with Gasteiger partial charge in [-0.2, -0.15) is 0 Å². The van der Waals surface area contributed by atoms with Gasteiger partial charge < -0.3 is 22.1 Å². The summed E-state index contributed by atoms with van der Waals surface area (Å²) in [6, 6.07) is -2.20. The van der Waals surface area contributed by atoms with Gasteiger partial charge in [0.25, 0.3) is 5.91 Å². The molecule has 0 saturated heterocycles. The van der Waals surface area contributed by atoms with E-state index in [9.17, 15) is 19.2 Å². The maximum atomic E-state index is 12.1. The Kier molecular flexibility index (Phi) is 11.5. The molecule has 25 heavy (non-hydrogen) atoms. The zero-order chi connectivity index (χ0) is 17.6. The van der Waals surface area contributed by atoms with Crippen LogP contribution in [0, 0.1) is 0 Å². The third-order valence-corrected chi connectivity index (χ3v) is 3.27. The molecule has 0 aliphatic carbocycles. The molecule has 11 nitrogen and oxygen atoms in total. The van der Waals surface area contributed by atoms with Gasteiger partial charge in [0.05, 0.1) is 6.54 Å². The minimum absolute atomic E-state index is 0. The molecule has 0 saturated carbocycles. The van der Waals surface area contributed by atoms with E-state index in [4.69, 9.17) is 17.2 Å². The number of halogens is 2.